The van der Waals surface area contributed by atoms with Gasteiger partial charge < -0.3 is 9.84 Å². The summed E-state index contributed by atoms with van der Waals surface area (Å²) >= 11 is 3.30. The van der Waals surface area contributed by atoms with E-state index < -0.39 is 17.5 Å². The molecule has 25 heavy (non-hydrogen) atoms. The molecule has 126 valence electrons. The van der Waals surface area contributed by atoms with Gasteiger partial charge >= 0.3 is 5.97 Å². The Morgan fingerprint density at radius 3 is 2.76 bits per heavy atom. The van der Waals surface area contributed by atoms with Crippen molar-refractivity contribution in [2.75, 3.05) is 6.61 Å². The summed E-state index contributed by atoms with van der Waals surface area (Å²) in [6, 6.07) is 12.6. The van der Waals surface area contributed by atoms with E-state index in [-0.39, 0.29) is 17.0 Å². The second kappa shape index (κ2) is 8.08. The molecule has 0 atom stereocenters. The number of non-ortho nitro benzene ring substituents is 1. The molecule has 1 N–H and O–H groups in total. The number of nitriles is 1. The largest absolute Gasteiger partial charge is 0.481 e. The summed E-state index contributed by atoms with van der Waals surface area (Å²) < 4.78 is 5.92. The summed E-state index contributed by atoms with van der Waals surface area (Å²) in [4.78, 5) is 21.0. The Morgan fingerprint density at radius 2 is 2.12 bits per heavy atom. The van der Waals surface area contributed by atoms with Crippen LogP contribution in [0.4, 0.5) is 5.69 Å². The predicted molar refractivity (Wildman–Crippen MR) is 93.9 cm³/mol. The third kappa shape index (κ3) is 4.89. The Hall–Kier alpha value is -3.18. The number of halogens is 1. The number of benzene rings is 2. The molecule has 0 aliphatic rings. The van der Waals surface area contributed by atoms with Gasteiger partial charge in [-0.05, 0) is 29.8 Å². The Labute approximate surface area is 151 Å². The van der Waals surface area contributed by atoms with Crippen molar-refractivity contribution in [2.45, 2.75) is 0 Å². The van der Waals surface area contributed by atoms with Gasteiger partial charge in [-0.25, -0.2) is 4.79 Å². The van der Waals surface area contributed by atoms with Gasteiger partial charge in [0.15, 0.2) is 6.61 Å². The first-order valence-corrected chi connectivity index (χ1v) is 7.71. The van der Waals surface area contributed by atoms with Gasteiger partial charge in [0.25, 0.3) is 5.69 Å². The van der Waals surface area contributed by atoms with Crippen molar-refractivity contribution in [2.24, 2.45) is 0 Å². The molecule has 0 aliphatic carbocycles. The lowest BCUT2D eigenvalue weighted by atomic mass is 10.0. The van der Waals surface area contributed by atoms with Crippen LogP contribution in [0.1, 0.15) is 11.1 Å². The van der Waals surface area contributed by atoms with Crippen molar-refractivity contribution in [3.63, 3.8) is 0 Å². The first-order chi connectivity index (χ1) is 11.9. The molecule has 2 rings (SSSR count). The third-order valence-electron chi connectivity index (χ3n) is 3.11. The zero-order chi connectivity index (χ0) is 18.4. The van der Waals surface area contributed by atoms with Gasteiger partial charge in [-0.15, -0.1) is 0 Å². The van der Waals surface area contributed by atoms with Crippen molar-refractivity contribution < 1.29 is 19.6 Å². The SMILES string of the molecule is N#C/C(=C/c1cc(Br)ccc1OCC(=O)O)c1cccc([N+](=O)[O-])c1. The van der Waals surface area contributed by atoms with Gasteiger partial charge in [0.1, 0.15) is 5.75 Å². The molecule has 0 spiro atoms. The Bertz CT molecular complexity index is 902. The number of ether oxygens (including phenoxy) is 1. The number of rotatable bonds is 6. The minimum Gasteiger partial charge on any atom is -0.481 e. The van der Waals surface area contributed by atoms with E-state index in [0.29, 0.717) is 15.6 Å². The van der Waals surface area contributed by atoms with Gasteiger partial charge in [-0.2, -0.15) is 5.26 Å². The normalized spacial score (nSPS) is 10.8. The quantitative estimate of drug-likeness (QED) is 0.339. The molecule has 0 saturated carbocycles. The second-order valence-electron chi connectivity index (χ2n) is 4.84. The average molecular weight is 403 g/mol. The van der Waals surface area contributed by atoms with Crippen LogP contribution in [0.25, 0.3) is 11.6 Å². The molecule has 0 radical (unpaired) electrons. The van der Waals surface area contributed by atoms with Crippen LogP contribution in [-0.4, -0.2) is 22.6 Å². The molecule has 0 amide bonds. The number of allylic oxidation sites excluding steroid dienone is 1. The molecule has 0 heterocycles. The molecule has 0 aliphatic heterocycles. The van der Waals surface area contributed by atoms with Crippen LogP contribution in [0.3, 0.4) is 0 Å². The molecule has 8 heteroatoms. The number of carboxylic acids is 1. The highest BCUT2D eigenvalue weighted by atomic mass is 79.9. The summed E-state index contributed by atoms with van der Waals surface area (Å²) in [5.74, 6) is -0.846. The number of hydrogen-bond acceptors (Lipinski definition) is 5. The summed E-state index contributed by atoms with van der Waals surface area (Å²) in [5, 5.41) is 29.0. The fourth-order valence-electron chi connectivity index (χ4n) is 2.03. The maximum absolute atomic E-state index is 10.9. The lowest BCUT2D eigenvalue weighted by Crippen LogP contribution is -2.10. The van der Waals surface area contributed by atoms with Crippen molar-refractivity contribution in [3.05, 3.63) is 68.2 Å². The van der Waals surface area contributed by atoms with Crippen molar-refractivity contribution in [3.8, 4) is 11.8 Å². The summed E-state index contributed by atoms with van der Waals surface area (Å²) in [5.41, 5.74) is 0.900. The summed E-state index contributed by atoms with van der Waals surface area (Å²) in [7, 11) is 0. The number of carbonyl (C=O) groups is 1. The number of nitro benzene ring substituents is 1. The summed E-state index contributed by atoms with van der Waals surface area (Å²) in [6.45, 7) is -0.527. The Balaban J connectivity index is 2.47. The first-order valence-electron chi connectivity index (χ1n) is 6.91. The monoisotopic (exact) mass is 402 g/mol. The van der Waals surface area contributed by atoms with Gasteiger partial charge in [-0.3, -0.25) is 10.1 Å². The minimum atomic E-state index is -1.13. The Kier molecular flexibility index (Phi) is 5.87. The highest BCUT2D eigenvalue weighted by molar-refractivity contribution is 9.10. The van der Waals surface area contributed by atoms with E-state index >= 15 is 0 Å². The lowest BCUT2D eigenvalue weighted by Gasteiger charge is -2.08. The molecular formula is C17H11BrN2O5. The van der Waals surface area contributed by atoms with Gasteiger partial charge in [0.05, 0.1) is 16.6 Å². The predicted octanol–water partition coefficient (Wildman–Crippen LogP) is 3.88. The zero-order valence-electron chi connectivity index (χ0n) is 12.7. The summed E-state index contributed by atoms with van der Waals surface area (Å²) in [6.07, 6.45) is 1.49. The van der Waals surface area contributed by atoms with Crippen LogP contribution in [0.15, 0.2) is 46.9 Å². The van der Waals surface area contributed by atoms with Crippen LogP contribution < -0.4 is 4.74 Å². The molecule has 0 aromatic heterocycles. The van der Waals surface area contributed by atoms with Crippen LogP contribution in [0.5, 0.6) is 5.75 Å². The fourth-order valence-corrected chi connectivity index (χ4v) is 2.40. The highest BCUT2D eigenvalue weighted by Gasteiger charge is 2.11. The zero-order valence-corrected chi connectivity index (χ0v) is 14.3. The van der Waals surface area contributed by atoms with Crippen LogP contribution in [-0.2, 0) is 4.79 Å². The van der Waals surface area contributed by atoms with Crippen molar-refractivity contribution in [1.82, 2.24) is 0 Å². The maximum Gasteiger partial charge on any atom is 0.341 e. The Morgan fingerprint density at radius 1 is 1.36 bits per heavy atom. The molecule has 2 aromatic carbocycles. The number of nitrogens with zero attached hydrogens (tertiary/aromatic N) is 2. The second-order valence-corrected chi connectivity index (χ2v) is 5.76. The molecule has 0 saturated heterocycles. The maximum atomic E-state index is 10.9. The lowest BCUT2D eigenvalue weighted by molar-refractivity contribution is -0.384. The molecular weight excluding hydrogens is 392 g/mol. The number of hydrogen-bond donors (Lipinski definition) is 1. The van der Waals surface area contributed by atoms with E-state index in [1.807, 2.05) is 6.07 Å². The van der Waals surface area contributed by atoms with Crippen LogP contribution >= 0.6 is 15.9 Å². The van der Waals surface area contributed by atoms with E-state index in [9.17, 15) is 20.2 Å². The van der Waals surface area contributed by atoms with E-state index in [2.05, 4.69) is 15.9 Å². The van der Waals surface area contributed by atoms with Crippen molar-refractivity contribution in [1.29, 1.82) is 5.26 Å². The standard InChI is InChI=1S/C17H11BrN2O5/c18-14-4-5-16(25-10-17(21)22)12(7-14)6-13(9-19)11-2-1-3-15(8-11)20(23)24/h1-8H,10H2,(H,21,22)/b13-6-. The molecule has 7 nitrogen and oxygen atoms in total. The fraction of sp³-hybridized carbons (Fsp3) is 0.0588. The van der Waals surface area contributed by atoms with Crippen LogP contribution in [0.2, 0.25) is 0 Å². The average Bonchev–Trinajstić information content (AvgIpc) is 2.58. The molecule has 2 aromatic rings. The molecule has 0 fully saturated rings. The van der Waals surface area contributed by atoms with E-state index in [0.717, 1.165) is 0 Å². The number of nitro groups is 1. The van der Waals surface area contributed by atoms with Gasteiger partial charge in [0, 0.05) is 22.2 Å². The van der Waals surface area contributed by atoms with Crippen molar-refractivity contribution >= 4 is 39.2 Å². The highest BCUT2D eigenvalue weighted by Crippen LogP contribution is 2.29. The number of aliphatic carboxylic acids is 1. The van der Waals surface area contributed by atoms with E-state index in [1.54, 1.807) is 24.3 Å². The molecule has 0 bridgehead atoms. The van der Waals surface area contributed by atoms with E-state index in [1.165, 1.54) is 24.3 Å². The van der Waals surface area contributed by atoms with E-state index in [4.69, 9.17) is 9.84 Å². The topological polar surface area (TPSA) is 113 Å². The third-order valence-corrected chi connectivity index (χ3v) is 3.60. The minimum absolute atomic E-state index is 0.129. The molecule has 0 unspecified atom stereocenters. The van der Waals surface area contributed by atoms with Crippen LogP contribution in [0, 0.1) is 21.4 Å². The van der Waals surface area contributed by atoms with Gasteiger partial charge in [-0.1, -0.05) is 28.1 Å². The number of carboxylic acid groups (broad SMARTS) is 1. The smallest absolute Gasteiger partial charge is 0.341 e. The first kappa shape index (κ1) is 18.2. The van der Waals surface area contributed by atoms with Gasteiger partial charge in [0.2, 0.25) is 0 Å².